The largest absolute Gasteiger partial charge is 0.493 e. The van der Waals surface area contributed by atoms with E-state index in [0.29, 0.717) is 18.3 Å². The van der Waals surface area contributed by atoms with Gasteiger partial charge >= 0.3 is 0 Å². The molecule has 5 nitrogen and oxygen atoms in total. The molecule has 102 valence electrons. The molecule has 0 saturated heterocycles. The predicted octanol–water partition coefficient (Wildman–Crippen LogP) is 3.37. The lowest BCUT2D eigenvalue weighted by Gasteiger charge is -2.11. The van der Waals surface area contributed by atoms with Crippen LogP contribution in [-0.2, 0) is 0 Å². The minimum Gasteiger partial charge on any atom is -0.493 e. The zero-order valence-electron chi connectivity index (χ0n) is 10.9. The highest BCUT2D eigenvalue weighted by Gasteiger charge is 2.20. The van der Waals surface area contributed by atoms with Gasteiger partial charge in [0.15, 0.2) is 5.78 Å². The summed E-state index contributed by atoms with van der Waals surface area (Å²) >= 11 is 0. The molecule has 0 radical (unpaired) electrons. The van der Waals surface area contributed by atoms with Gasteiger partial charge < -0.3 is 4.74 Å². The molecule has 0 heterocycles. The smallest absolute Gasteiger partial charge is 0.283 e. The van der Waals surface area contributed by atoms with Crippen molar-refractivity contribution in [3.63, 3.8) is 0 Å². The number of carbonyl (C=O) groups is 1. The SMILES string of the molecule is CC(=O)c1ccc(OCC2CCCC2)cc1[N+](=O)[O-]. The molecule has 1 fully saturated rings. The summed E-state index contributed by atoms with van der Waals surface area (Å²) in [6, 6.07) is 4.43. The molecule has 0 aromatic heterocycles. The Morgan fingerprint density at radius 3 is 2.68 bits per heavy atom. The van der Waals surface area contributed by atoms with Gasteiger partial charge in [-0.2, -0.15) is 0 Å². The van der Waals surface area contributed by atoms with Crippen LogP contribution < -0.4 is 4.74 Å². The second kappa shape index (κ2) is 5.82. The third-order valence-electron chi connectivity index (χ3n) is 3.51. The fraction of sp³-hybridized carbons (Fsp3) is 0.500. The first-order chi connectivity index (χ1) is 9.08. The monoisotopic (exact) mass is 263 g/mol. The Balaban J connectivity index is 2.11. The second-order valence-corrected chi connectivity index (χ2v) is 4.95. The van der Waals surface area contributed by atoms with Crippen molar-refractivity contribution in [1.82, 2.24) is 0 Å². The van der Waals surface area contributed by atoms with Crippen LogP contribution in [0.1, 0.15) is 43.0 Å². The van der Waals surface area contributed by atoms with Gasteiger partial charge in [0.2, 0.25) is 0 Å². The number of ether oxygens (including phenoxy) is 1. The number of hydrogen-bond donors (Lipinski definition) is 0. The van der Waals surface area contributed by atoms with Gasteiger partial charge in [0.25, 0.3) is 5.69 Å². The highest BCUT2D eigenvalue weighted by molar-refractivity contribution is 5.98. The third-order valence-corrected chi connectivity index (χ3v) is 3.51. The van der Waals surface area contributed by atoms with E-state index >= 15 is 0 Å². The lowest BCUT2D eigenvalue weighted by Crippen LogP contribution is -2.08. The van der Waals surface area contributed by atoms with E-state index in [-0.39, 0.29) is 17.0 Å². The molecule has 1 saturated carbocycles. The Kier molecular flexibility index (Phi) is 4.14. The summed E-state index contributed by atoms with van der Waals surface area (Å²) in [5, 5.41) is 10.9. The van der Waals surface area contributed by atoms with Crippen molar-refractivity contribution in [1.29, 1.82) is 0 Å². The van der Waals surface area contributed by atoms with Crippen LogP contribution in [0.25, 0.3) is 0 Å². The van der Waals surface area contributed by atoms with E-state index in [1.807, 2.05) is 0 Å². The molecule has 1 aliphatic rings. The minimum atomic E-state index is -0.542. The molecule has 0 unspecified atom stereocenters. The maximum absolute atomic E-state index is 11.3. The van der Waals surface area contributed by atoms with Crippen LogP contribution in [0.5, 0.6) is 5.75 Å². The Labute approximate surface area is 111 Å². The zero-order chi connectivity index (χ0) is 13.8. The molecule has 0 bridgehead atoms. The van der Waals surface area contributed by atoms with E-state index in [4.69, 9.17) is 4.74 Å². The third kappa shape index (κ3) is 3.30. The number of Topliss-reactive ketones (excluding diaryl/α,β-unsaturated/α-hetero) is 1. The van der Waals surface area contributed by atoms with Gasteiger partial charge in [0.05, 0.1) is 23.2 Å². The van der Waals surface area contributed by atoms with Crippen LogP contribution in [0, 0.1) is 16.0 Å². The van der Waals surface area contributed by atoms with Gasteiger partial charge in [0, 0.05) is 0 Å². The Hall–Kier alpha value is -1.91. The summed E-state index contributed by atoms with van der Waals surface area (Å²) in [6.45, 7) is 1.91. The lowest BCUT2D eigenvalue weighted by molar-refractivity contribution is -0.385. The molecular weight excluding hydrogens is 246 g/mol. The fourth-order valence-corrected chi connectivity index (χ4v) is 2.44. The number of nitro groups is 1. The van der Waals surface area contributed by atoms with Crippen LogP contribution in [-0.4, -0.2) is 17.3 Å². The van der Waals surface area contributed by atoms with Crippen molar-refractivity contribution < 1.29 is 14.5 Å². The van der Waals surface area contributed by atoms with Crippen molar-refractivity contribution >= 4 is 11.5 Å². The summed E-state index contributed by atoms with van der Waals surface area (Å²) < 4.78 is 5.60. The first-order valence-electron chi connectivity index (χ1n) is 6.50. The molecule has 0 N–H and O–H groups in total. The number of rotatable bonds is 5. The predicted molar refractivity (Wildman–Crippen MR) is 70.6 cm³/mol. The molecule has 5 heteroatoms. The molecule has 1 aliphatic carbocycles. The fourth-order valence-electron chi connectivity index (χ4n) is 2.44. The van der Waals surface area contributed by atoms with Crippen LogP contribution >= 0.6 is 0 Å². The summed E-state index contributed by atoms with van der Waals surface area (Å²) in [5.74, 6) is 0.698. The molecule has 0 spiro atoms. The minimum absolute atomic E-state index is 0.123. The molecule has 0 aliphatic heterocycles. The summed E-state index contributed by atoms with van der Waals surface area (Å²) in [6.07, 6.45) is 4.79. The summed E-state index contributed by atoms with van der Waals surface area (Å²) in [4.78, 5) is 21.7. The first kappa shape index (κ1) is 13.5. The summed E-state index contributed by atoms with van der Waals surface area (Å²) in [5.41, 5.74) is -0.0605. The molecule has 0 atom stereocenters. The van der Waals surface area contributed by atoms with Gasteiger partial charge in [-0.3, -0.25) is 14.9 Å². The van der Waals surface area contributed by atoms with Crippen molar-refractivity contribution in [2.24, 2.45) is 5.92 Å². The molecule has 0 amide bonds. The van der Waals surface area contributed by atoms with E-state index in [1.54, 1.807) is 6.07 Å². The average molecular weight is 263 g/mol. The maximum atomic E-state index is 11.3. The lowest BCUT2D eigenvalue weighted by atomic mass is 10.1. The van der Waals surface area contributed by atoms with Crippen molar-refractivity contribution in [2.75, 3.05) is 6.61 Å². The number of hydrogen-bond acceptors (Lipinski definition) is 4. The summed E-state index contributed by atoms with van der Waals surface area (Å²) in [7, 11) is 0. The van der Waals surface area contributed by atoms with Crippen LogP contribution in [0.2, 0.25) is 0 Å². The zero-order valence-corrected chi connectivity index (χ0v) is 10.9. The number of nitrogens with zero attached hydrogens (tertiary/aromatic N) is 1. The number of benzene rings is 1. The average Bonchev–Trinajstić information content (AvgIpc) is 2.88. The van der Waals surface area contributed by atoms with E-state index in [2.05, 4.69) is 0 Å². The molecule has 1 aromatic rings. The van der Waals surface area contributed by atoms with Gasteiger partial charge in [0.1, 0.15) is 5.75 Å². The maximum Gasteiger partial charge on any atom is 0.283 e. The topological polar surface area (TPSA) is 69.4 Å². The molecule has 2 rings (SSSR count). The number of carbonyl (C=O) groups excluding carboxylic acids is 1. The van der Waals surface area contributed by atoms with Crippen molar-refractivity contribution in [3.8, 4) is 5.75 Å². The van der Waals surface area contributed by atoms with Gasteiger partial charge in [-0.1, -0.05) is 12.8 Å². The Bertz CT molecular complexity index is 492. The number of ketones is 1. The van der Waals surface area contributed by atoms with E-state index in [0.717, 1.165) is 12.8 Å². The number of nitro benzene ring substituents is 1. The molecule has 19 heavy (non-hydrogen) atoms. The van der Waals surface area contributed by atoms with Gasteiger partial charge in [-0.15, -0.1) is 0 Å². The van der Waals surface area contributed by atoms with Crippen molar-refractivity contribution in [3.05, 3.63) is 33.9 Å². The van der Waals surface area contributed by atoms with Crippen molar-refractivity contribution in [2.45, 2.75) is 32.6 Å². The van der Waals surface area contributed by atoms with E-state index in [1.165, 1.54) is 31.9 Å². The van der Waals surface area contributed by atoms with Crippen LogP contribution in [0.3, 0.4) is 0 Å². The standard InChI is InChI=1S/C14H17NO4/c1-10(16)13-7-6-12(8-14(13)15(17)18)19-9-11-4-2-3-5-11/h6-8,11H,2-5,9H2,1H3. The molecular formula is C14H17NO4. The van der Waals surface area contributed by atoms with Crippen LogP contribution in [0.15, 0.2) is 18.2 Å². The highest BCUT2D eigenvalue weighted by atomic mass is 16.6. The highest BCUT2D eigenvalue weighted by Crippen LogP contribution is 2.28. The molecule has 1 aromatic carbocycles. The Morgan fingerprint density at radius 2 is 2.11 bits per heavy atom. The van der Waals surface area contributed by atoms with E-state index in [9.17, 15) is 14.9 Å². The van der Waals surface area contributed by atoms with Gasteiger partial charge in [-0.05, 0) is 37.8 Å². The van der Waals surface area contributed by atoms with E-state index < -0.39 is 4.92 Å². The quantitative estimate of drug-likeness (QED) is 0.464. The van der Waals surface area contributed by atoms with Crippen LogP contribution in [0.4, 0.5) is 5.69 Å². The Morgan fingerprint density at radius 1 is 1.42 bits per heavy atom. The van der Waals surface area contributed by atoms with Gasteiger partial charge in [-0.25, -0.2) is 0 Å². The first-order valence-corrected chi connectivity index (χ1v) is 6.50. The second-order valence-electron chi connectivity index (χ2n) is 4.95. The normalized spacial score (nSPS) is 15.4.